The van der Waals surface area contributed by atoms with E-state index in [1.54, 1.807) is 11.3 Å². The molecule has 0 saturated heterocycles. The van der Waals surface area contributed by atoms with E-state index in [9.17, 15) is 0 Å². The van der Waals surface area contributed by atoms with Crippen LogP contribution in [-0.2, 0) is 0 Å². The zero-order valence-corrected chi connectivity index (χ0v) is 14.8. The van der Waals surface area contributed by atoms with Gasteiger partial charge in [0, 0.05) is 16.8 Å². The van der Waals surface area contributed by atoms with Gasteiger partial charge in [0.05, 0.1) is 10.6 Å². The number of hydrogen-bond donors (Lipinski definition) is 2. The number of nitrogen functional groups attached to an aromatic ring is 1. The van der Waals surface area contributed by atoms with Crippen LogP contribution in [-0.4, -0.2) is 19.7 Å². The largest absolute Gasteiger partial charge is 0.397 e. The van der Waals surface area contributed by atoms with Gasteiger partial charge in [-0.05, 0) is 49.8 Å². The molecule has 0 unspecified atom stereocenters. The minimum Gasteiger partial charge on any atom is -0.397 e. The quantitative estimate of drug-likeness (QED) is 0.524. The minimum atomic E-state index is 0.536. The summed E-state index contributed by atoms with van der Waals surface area (Å²) in [7, 11) is 0. The van der Waals surface area contributed by atoms with Crippen LogP contribution >= 0.6 is 23.6 Å². The molecule has 24 heavy (non-hydrogen) atoms. The topological polar surface area (TPSA) is 72.5 Å². The molecule has 4 rings (SSSR count). The lowest BCUT2D eigenvalue weighted by atomic mass is 10.1. The molecular weight excluding hydrogens is 338 g/mol. The third-order valence-electron chi connectivity index (χ3n) is 3.91. The second kappa shape index (κ2) is 5.54. The summed E-state index contributed by atoms with van der Waals surface area (Å²) in [5, 5.41) is 8.29. The maximum atomic E-state index is 6.45. The summed E-state index contributed by atoms with van der Waals surface area (Å²) in [6, 6.07) is 11.9. The number of aryl methyl sites for hydroxylation is 2. The number of rotatable bonds is 2. The van der Waals surface area contributed by atoms with Gasteiger partial charge in [0.25, 0.3) is 0 Å². The van der Waals surface area contributed by atoms with Crippen molar-refractivity contribution in [2.75, 3.05) is 5.73 Å². The second-order valence-electron chi connectivity index (χ2n) is 5.63. The van der Waals surface area contributed by atoms with Gasteiger partial charge in [-0.25, -0.2) is 4.98 Å². The predicted octanol–water partition coefficient (Wildman–Crippen LogP) is 4.41. The molecule has 0 aliphatic carbocycles. The number of fused-ring (bicyclic) bond motifs is 1. The van der Waals surface area contributed by atoms with Crippen LogP contribution < -0.4 is 5.73 Å². The fourth-order valence-electron chi connectivity index (χ4n) is 2.90. The van der Waals surface area contributed by atoms with Crippen molar-refractivity contribution in [1.82, 2.24) is 19.7 Å². The molecule has 0 atom stereocenters. The van der Waals surface area contributed by atoms with Gasteiger partial charge in [-0.2, -0.15) is 5.10 Å². The van der Waals surface area contributed by atoms with Crippen LogP contribution in [0.1, 0.15) is 11.3 Å². The average molecular weight is 353 g/mol. The van der Waals surface area contributed by atoms with Crippen LogP contribution in [0, 0.1) is 18.6 Å². The number of thiophene rings is 1. The van der Waals surface area contributed by atoms with E-state index < -0.39 is 0 Å². The Morgan fingerprint density at radius 3 is 2.71 bits per heavy atom. The molecule has 5 nitrogen and oxygen atoms in total. The van der Waals surface area contributed by atoms with Crippen molar-refractivity contribution in [3.8, 4) is 16.4 Å². The first kappa shape index (κ1) is 15.0. The highest BCUT2D eigenvalue weighted by atomic mass is 32.1. The smallest absolute Gasteiger partial charge is 0.200 e. The average Bonchev–Trinajstić information content (AvgIpc) is 3.08. The van der Waals surface area contributed by atoms with Crippen molar-refractivity contribution in [1.29, 1.82) is 0 Å². The molecule has 0 amide bonds. The van der Waals surface area contributed by atoms with Crippen LogP contribution in [0.3, 0.4) is 0 Å². The highest BCUT2D eigenvalue weighted by Gasteiger charge is 2.20. The fourth-order valence-corrected chi connectivity index (χ4v) is 4.33. The number of hydrogen-bond acceptors (Lipinski definition) is 5. The maximum Gasteiger partial charge on any atom is 0.200 e. The van der Waals surface area contributed by atoms with Crippen molar-refractivity contribution >= 4 is 39.5 Å². The molecule has 3 N–H and O–H groups in total. The highest BCUT2D eigenvalue weighted by Crippen LogP contribution is 2.41. The lowest BCUT2D eigenvalue weighted by molar-refractivity contribution is 1.04. The zero-order valence-electron chi connectivity index (χ0n) is 13.2. The summed E-state index contributed by atoms with van der Waals surface area (Å²) < 4.78 is 2.44. The Balaban J connectivity index is 2.02. The summed E-state index contributed by atoms with van der Waals surface area (Å²) in [6.45, 7) is 4.04. The first-order valence-corrected chi connectivity index (χ1v) is 8.68. The Hall–Kier alpha value is -2.51. The van der Waals surface area contributed by atoms with E-state index in [-0.39, 0.29) is 0 Å². The van der Waals surface area contributed by atoms with Gasteiger partial charge < -0.3 is 5.73 Å². The van der Waals surface area contributed by atoms with Crippen LogP contribution in [0.25, 0.3) is 26.6 Å². The van der Waals surface area contributed by atoms with Gasteiger partial charge in [0.15, 0.2) is 10.6 Å². The first-order chi connectivity index (χ1) is 11.6. The third-order valence-corrected chi connectivity index (χ3v) is 5.28. The Morgan fingerprint density at radius 2 is 1.96 bits per heavy atom. The number of H-pyrrole nitrogens is 1. The summed E-state index contributed by atoms with van der Waals surface area (Å²) in [5.41, 5.74) is 10.2. The molecule has 0 radical (unpaired) electrons. The molecule has 4 aromatic rings. The van der Waals surface area contributed by atoms with E-state index in [4.69, 9.17) is 18.0 Å². The summed E-state index contributed by atoms with van der Waals surface area (Å²) in [5.74, 6) is 0.712. The summed E-state index contributed by atoms with van der Waals surface area (Å²) >= 11 is 6.96. The Bertz CT molecular complexity index is 1110. The van der Waals surface area contributed by atoms with E-state index in [0.717, 1.165) is 32.0 Å². The zero-order chi connectivity index (χ0) is 16.8. The predicted molar refractivity (Wildman–Crippen MR) is 101 cm³/mol. The Labute approximate surface area is 147 Å². The molecule has 0 fully saturated rings. The van der Waals surface area contributed by atoms with Crippen LogP contribution in [0.5, 0.6) is 0 Å². The van der Waals surface area contributed by atoms with Crippen molar-refractivity contribution < 1.29 is 0 Å². The molecular formula is C17H15N5S2. The number of pyridine rings is 1. The summed E-state index contributed by atoms with van der Waals surface area (Å²) in [4.78, 5) is 6.42. The Morgan fingerprint density at radius 1 is 1.21 bits per heavy atom. The van der Waals surface area contributed by atoms with Crippen LogP contribution in [0.2, 0.25) is 0 Å². The number of benzene rings is 1. The van der Waals surface area contributed by atoms with Crippen LogP contribution in [0.15, 0.2) is 36.4 Å². The SMILES string of the molecule is Cc1cc(C)c2c(N)c(-c3n[nH]c(=S)n3-c3ccccc3)sc2n1. The molecule has 0 spiro atoms. The molecule has 0 aliphatic rings. The number of nitrogens with one attached hydrogen (secondary N) is 1. The van der Waals surface area contributed by atoms with E-state index >= 15 is 0 Å². The van der Waals surface area contributed by atoms with Gasteiger partial charge in [-0.15, -0.1) is 11.3 Å². The number of para-hydroxylation sites is 1. The van der Waals surface area contributed by atoms with E-state index in [1.807, 2.05) is 47.9 Å². The molecule has 7 heteroatoms. The normalized spacial score (nSPS) is 11.2. The molecule has 0 bridgehead atoms. The molecule has 120 valence electrons. The second-order valence-corrected chi connectivity index (χ2v) is 7.01. The Kier molecular flexibility index (Phi) is 3.47. The molecule has 0 saturated carbocycles. The minimum absolute atomic E-state index is 0.536. The maximum absolute atomic E-state index is 6.45. The number of nitrogens with two attached hydrogens (primary N) is 1. The fraction of sp³-hybridized carbons (Fsp3) is 0.118. The van der Waals surface area contributed by atoms with E-state index in [0.29, 0.717) is 16.3 Å². The van der Waals surface area contributed by atoms with Crippen molar-refractivity contribution in [3.05, 3.63) is 52.4 Å². The van der Waals surface area contributed by atoms with Gasteiger partial charge >= 0.3 is 0 Å². The van der Waals surface area contributed by atoms with Gasteiger partial charge in [-0.3, -0.25) is 9.67 Å². The monoisotopic (exact) mass is 353 g/mol. The number of nitrogens with zero attached hydrogens (tertiary/aromatic N) is 3. The van der Waals surface area contributed by atoms with Crippen LogP contribution in [0.4, 0.5) is 5.69 Å². The standard InChI is InChI=1S/C17H15N5S2/c1-9-8-10(2)19-16-12(9)13(18)14(24-16)15-20-21-17(23)22(15)11-6-4-3-5-7-11/h3-8H,18H2,1-2H3,(H,21,23). The van der Waals surface area contributed by atoms with Crippen molar-refractivity contribution in [2.45, 2.75) is 13.8 Å². The van der Waals surface area contributed by atoms with Crippen molar-refractivity contribution in [3.63, 3.8) is 0 Å². The lowest BCUT2D eigenvalue weighted by Crippen LogP contribution is -1.98. The number of aromatic nitrogens is 4. The highest BCUT2D eigenvalue weighted by molar-refractivity contribution is 7.71. The first-order valence-electron chi connectivity index (χ1n) is 7.45. The molecule has 3 aromatic heterocycles. The van der Waals surface area contributed by atoms with E-state index in [2.05, 4.69) is 22.1 Å². The van der Waals surface area contributed by atoms with Crippen molar-refractivity contribution in [2.24, 2.45) is 0 Å². The molecule has 3 heterocycles. The van der Waals surface area contributed by atoms with E-state index in [1.165, 1.54) is 0 Å². The lowest BCUT2D eigenvalue weighted by Gasteiger charge is -2.06. The molecule has 1 aromatic carbocycles. The van der Waals surface area contributed by atoms with Gasteiger partial charge in [0.1, 0.15) is 4.83 Å². The number of anilines is 1. The summed E-state index contributed by atoms with van der Waals surface area (Å²) in [6.07, 6.45) is 0. The van der Waals surface area contributed by atoms with Gasteiger partial charge in [-0.1, -0.05) is 18.2 Å². The third kappa shape index (κ3) is 2.24. The molecule has 0 aliphatic heterocycles. The number of aromatic amines is 1. The van der Waals surface area contributed by atoms with Gasteiger partial charge in [0.2, 0.25) is 0 Å².